The zero-order valence-corrected chi connectivity index (χ0v) is 17.1. The van der Waals surface area contributed by atoms with E-state index in [-0.39, 0.29) is 6.61 Å². The van der Waals surface area contributed by atoms with Crippen LogP contribution in [0, 0.1) is 0 Å². The minimum Gasteiger partial charge on any atom is -0.493 e. The minimum atomic E-state index is -0.509. The number of aliphatic hydroxyl groups is 1. The second-order valence-corrected chi connectivity index (χ2v) is 7.56. The lowest BCUT2D eigenvalue weighted by atomic mass is 10.2. The summed E-state index contributed by atoms with van der Waals surface area (Å²) in [6.45, 7) is 4.41. The Kier molecular flexibility index (Phi) is 7.98. The molecule has 0 radical (unpaired) electrons. The van der Waals surface area contributed by atoms with E-state index < -0.39 is 6.10 Å². The monoisotopic (exact) mass is 404 g/mol. The highest BCUT2D eigenvalue weighted by molar-refractivity contribution is 6.31. The van der Waals surface area contributed by atoms with Crippen LogP contribution in [0.25, 0.3) is 0 Å². The van der Waals surface area contributed by atoms with Crippen LogP contribution in [-0.2, 0) is 13.1 Å². The Morgan fingerprint density at radius 3 is 2.64 bits per heavy atom. The van der Waals surface area contributed by atoms with Crippen molar-refractivity contribution < 1.29 is 14.6 Å². The number of nitrogens with one attached hydrogen (secondary N) is 1. The van der Waals surface area contributed by atoms with Crippen LogP contribution in [-0.4, -0.2) is 49.5 Å². The van der Waals surface area contributed by atoms with Crippen LogP contribution >= 0.6 is 11.6 Å². The fraction of sp³-hybridized carbons (Fsp3) is 0.455. The molecule has 1 atom stereocenters. The van der Waals surface area contributed by atoms with Gasteiger partial charge in [-0.3, -0.25) is 0 Å². The molecule has 6 heteroatoms. The van der Waals surface area contributed by atoms with Crippen molar-refractivity contribution in [3.8, 4) is 11.5 Å². The molecule has 0 bridgehead atoms. The number of ether oxygens (including phenoxy) is 2. The topological polar surface area (TPSA) is 54.0 Å². The lowest BCUT2D eigenvalue weighted by Crippen LogP contribution is -2.33. The molecule has 0 amide bonds. The van der Waals surface area contributed by atoms with Gasteiger partial charge >= 0.3 is 0 Å². The Labute approximate surface area is 172 Å². The van der Waals surface area contributed by atoms with Crippen molar-refractivity contribution in [2.45, 2.75) is 32.0 Å². The smallest absolute Gasteiger partial charge is 0.161 e. The van der Waals surface area contributed by atoms with Gasteiger partial charge in [-0.05, 0) is 55.3 Å². The molecule has 5 nitrogen and oxygen atoms in total. The molecule has 1 saturated heterocycles. The first-order chi connectivity index (χ1) is 13.7. The lowest BCUT2D eigenvalue weighted by molar-refractivity contribution is 0.0746. The van der Waals surface area contributed by atoms with Gasteiger partial charge in [0.15, 0.2) is 11.5 Å². The van der Waals surface area contributed by atoms with Crippen LogP contribution in [0.15, 0.2) is 42.5 Å². The number of halogens is 1. The summed E-state index contributed by atoms with van der Waals surface area (Å²) >= 11 is 6.20. The van der Waals surface area contributed by atoms with Gasteiger partial charge in [-0.2, -0.15) is 0 Å². The fourth-order valence-electron chi connectivity index (χ4n) is 3.43. The molecular weight excluding hydrogens is 376 g/mol. The molecule has 0 unspecified atom stereocenters. The van der Waals surface area contributed by atoms with Gasteiger partial charge in [0.05, 0.1) is 7.11 Å². The Balaban J connectivity index is 1.52. The maximum Gasteiger partial charge on any atom is 0.161 e. The van der Waals surface area contributed by atoms with Crippen LogP contribution in [0.5, 0.6) is 11.5 Å². The summed E-state index contributed by atoms with van der Waals surface area (Å²) < 4.78 is 11.3. The number of benzene rings is 2. The summed E-state index contributed by atoms with van der Waals surface area (Å²) in [5.74, 6) is 1.32. The predicted octanol–water partition coefficient (Wildman–Crippen LogP) is 3.47. The fourth-order valence-corrected chi connectivity index (χ4v) is 3.63. The molecule has 2 aromatic carbocycles. The van der Waals surface area contributed by atoms with Crippen LogP contribution in [0.1, 0.15) is 24.0 Å². The van der Waals surface area contributed by atoms with Gasteiger partial charge in [0.1, 0.15) is 12.7 Å². The second-order valence-electron chi connectivity index (χ2n) is 7.15. The van der Waals surface area contributed by atoms with Crippen molar-refractivity contribution in [1.82, 2.24) is 10.2 Å². The zero-order chi connectivity index (χ0) is 19.8. The van der Waals surface area contributed by atoms with E-state index >= 15 is 0 Å². The Morgan fingerprint density at radius 1 is 1.11 bits per heavy atom. The highest BCUT2D eigenvalue weighted by Crippen LogP contribution is 2.28. The van der Waals surface area contributed by atoms with E-state index in [0.717, 1.165) is 29.2 Å². The molecule has 28 heavy (non-hydrogen) atoms. The van der Waals surface area contributed by atoms with Gasteiger partial charge in [0.25, 0.3) is 0 Å². The number of nitrogens with zero attached hydrogens (tertiary/aromatic N) is 1. The van der Waals surface area contributed by atoms with Gasteiger partial charge in [0, 0.05) is 24.7 Å². The predicted molar refractivity (Wildman–Crippen MR) is 112 cm³/mol. The highest BCUT2D eigenvalue weighted by atomic mass is 35.5. The van der Waals surface area contributed by atoms with Crippen molar-refractivity contribution in [3.05, 3.63) is 58.6 Å². The summed E-state index contributed by atoms with van der Waals surface area (Å²) in [4.78, 5) is 2.28. The molecule has 1 aliphatic heterocycles. The standard InChI is InChI=1S/C22H29ClN2O3/c1-27-21-9-8-17(13-24-14-18-6-2-3-7-20(18)23)12-22(21)28-16-19(26)15-25-10-4-5-11-25/h2-3,6-9,12,19,24,26H,4-5,10-11,13-16H2,1H3/t19-/m0/s1. The number of rotatable bonds is 10. The molecule has 0 spiro atoms. The molecular formula is C22H29ClN2O3. The Hall–Kier alpha value is -1.79. The molecule has 1 fully saturated rings. The van der Waals surface area contributed by atoms with Crippen LogP contribution in [0.4, 0.5) is 0 Å². The molecule has 0 aliphatic carbocycles. The molecule has 0 aromatic heterocycles. The van der Waals surface area contributed by atoms with Gasteiger partial charge in [-0.1, -0.05) is 35.9 Å². The maximum atomic E-state index is 10.3. The quantitative estimate of drug-likeness (QED) is 0.635. The number of likely N-dealkylation sites (tertiary alicyclic amines) is 1. The number of hydrogen-bond acceptors (Lipinski definition) is 5. The molecule has 1 aliphatic rings. The second kappa shape index (κ2) is 10.7. The lowest BCUT2D eigenvalue weighted by Gasteiger charge is -2.20. The van der Waals surface area contributed by atoms with Crippen LogP contribution in [0.2, 0.25) is 5.02 Å². The largest absolute Gasteiger partial charge is 0.493 e. The van der Waals surface area contributed by atoms with Crippen molar-refractivity contribution in [2.24, 2.45) is 0 Å². The van der Waals surface area contributed by atoms with E-state index in [4.69, 9.17) is 21.1 Å². The maximum absolute atomic E-state index is 10.3. The van der Waals surface area contributed by atoms with E-state index in [1.165, 1.54) is 12.8 Å². The number of hydrogen-bond donors (Lipinski definition) is 2. The number of methoxy groups -OCH3 is 1. The van der Waals surface area contributed by atoms with Gasteiger partial charge < -0.3 is 24.8 Å². The molecule has 2 N–H and O–H groups in total. The van der Waals surface area contributed by atoms with E-state index in [2.05, 4.69) is 10.2 Å². The van der Waals surface area contributed by atoms with Crippen molar-refractivity contribution in [1.29, 1.82) is 0 Å². The first-order valence-corrected chi connectivity index (χ1v) is 10.2. The summed E-state index contributed by atoms with van der Waals surface area (Å²) in [6.07, 6.45) is 1.92. The van der Waals surface area contributed by atoms with E-state index in [1.54, 1.807) is 7.11 Å². The average molecular weight is 405 g/mol. The summed E-state index contributed by atoms with van der Waals surface area (Å²) in [7, 11) is 1.62. The van der Waals surface area contributed by atoms with Crippen LogP contribution in [0.3, 0.4) is 0 Å². The summed E-state index contributed by atoms with van der Waals surface area (Å²) in [6, 6.07) is 13.7. The average Bonchev–Trinajstić information content (AvgIpc) is 3.21. The SMILES string of the molecule is COc1ccc(CNCc2ccccc2Cl)cc1OC[C@@H](O)CN1CCCC1. The van der Waals surface area contributed by atoms with E-state index in [0.29, 0.717) is 31.1 Å². The molecule has 0 saturated carbocycles. The third-order valence-corrected chi connectivity index (χ3v) is 5.30. The molecule has 2 aromatic rings. The van der Waals surface area contributed by atoms with E-state index in [9.17, 15) is 5.11 Å². The first kappa shape index (κ1) is 20.9. The molecule has 152 valence electrons. The summed E-state index contributed by atoms with van der Waals surface area (Å²) in [5.41, 5.74) is 2.15. The highest BCUT2D eigenvalue weighted by Gasteiger charge is 2.17. The van der Waals surface area contributed by atoms with Crippen LogP contribution < -0.4 is 14.8 Å². The first-order valence-electron chi connectivity index (χ1n) is 9.80. The normalized spacial score (nSPS) is 15.5. The third kappa shape index (κ3) is 6.11. The van der Waals surface area contributed by atoms with Crippen molar-refractivity contribution in [2.75, 3.05) is 33.4 Å². The van der Waals surface area contributed by atoms with Gasteiger partial charge in [-0.25, -0.2) is 0 Å². The van der Waals surface area contributed by atoms with Crippen molar-refractivity contribution >= 4 is 11.6 Å². The number of aliphatic hydroxyl groups excluding tert-OH is 1. The third-order valence-electron chi connectivity index (χ3n) is 4.93. The van der Waals surface area contributed by atoms with E-state index in [1.807, 2.05) is 42.5 Å². The zero-order valence-electron chi connectivity index (χ0n) is 16.4. The molecule has 3 rings (SSSR count). The van der Waals surface area contributed by atoms with Crippen molar-refractivity contribution in [3.63, 3.8) is 0 Å². The van der Waals surface area contributed by atoms with Gasteiger partial charge in [-0.15, -0.1) is 0 Å². The Bertz CT molecular complexity index is 750. The number of β-amino-alcohol motifs (C(OH)–C–C–N with tert-alkyl or cyclic N) is 1. The Morgan fingerprint density at radius 2 is 1.89 bits per heavy atom. The minimum absolute atomic E-state index is 0.253. The van der Waals surface area contributed by atoms with Gasteiger partial charge in [0.2, 0.25) is 0 Å². The summed E-state index contributed by atoms with van der Waals surface area (Å²) in [5, 5.41) is 14.4. The molecule has 1 heterocycles.